The molecule has 0 saturated carbocycles. The molecule has 0 aliphatic rings. The molecule has 1 aromatic carbocycles. The summed E-state index contributed by atoms with van der Waals surface area (Å²) in [6, 6.07) is 9.65. The lowest BCUT2D eigenvalue weighted by atomic mass is 10.1. The van der Waals surface area contributed by atoms with Crippen LogP contribution in [0.5, 0.6) is 0 Å². The third-order valence-electron chi connectivity index (χ3n) is 2.61. The first-order chi connectivity index (χ1) is 8.99. The Morgan fingerprint density at radius 3 is 2.11 bits per heavy atom. The van der Waals surface area contributed by atoms with Crippen LogP contribution >= 0.6 is 0 Å². The fourth-order valence-corrected chi connectivity index (χ4v) is 2.00. The zero-order chi connectivity index (χ0) is 13.9. The Morgan fingerprint density at radius 2 is 1.58 bits per heavy atom. The lowest BCUT2D eigenvalue weighted by molar-refractivity contribution is 0.592. The van der Waals surface area contributed by atoms with Crippen LogP contribution in [0.2, 0.25) is 0 Å². The van der Waals surface area contributed by atoms with E-state index in [1.54, 1.807) is 26.2 Å². The van der Waals surface area contributed by atoms with Crippen LogP contribution in [0, 0.1) is 0 Å². The third kappa shape index (κ3) is 3.29. The summed E-state index contributed by atoms with van der Waals surface area (Å²) in [6.45, 7) is 3.20. The number of hydrogen-bond donors (Lipinski definition) is 1. The molecule has 1 aromatic heterocycles. The summed E-state index contributed by atoms with van der Waals surface area (Å²) in [5.74, 6) is 0.0911. The number of benzene rings is 1. The van der Waals surface area contributed by atoms with E-state index in [0.29, 0.717) is 0 Å². The topological polar surface area (TPSA) is 72.0 Å². The van der Waals surface area contributed by atoms with E-state index < -0.39 is 15.3 Å². The number of nitrogens with zero attached hydrogens (tertiary/aromatic N) is 2. The maximum atomic E-state index is 11.7. The van der Waals surface area contributed by atoms with E-state index in [2.05, 4.69) is 14.7 Å². The van der Waals surface area contributed by atoms with Gasteiger partial charge in [-0.05, 0) is 19.4 Å². The first-order valence-electron chi connectivity index (χ1n) is 5.88. The van der Waals surface area contributed by atoms with Gasteiger partial charge in [-0.25, -0.2) is 18.4 Å². The molecule has 0 unspecified atom stereocenters. The third-order valence-corrected chi connectivity index (χ3v) is 4.32. The predicted octanol–water partition coefficient (Wildman–Crippen LogP) is 2.29. The second kappa shape index (κ2) is 5.36. The van der Waals surface area contributed by atoms with E-state index in [1.807, 2.05) is 30.3 Å². The summed E-state index contributed by atoms with van der Waals surface area (Å²) in [4.78, 5) is 8.04. The molecular formula is C13H15N3O2S. The average molecular weight is 277 g/mol. The zero-order valence-corrected chi connectivity index (χ0v) is 11.6. The van der Waals surface area contributed by atoms with Gasteiger partial charge in [0.15, 0.2) is 0 Å². The smallest absolute Gasteiger partial charge is 0.237 e. The van der Waals surface area contributed by atoms with Gasteiger partial charge in [0, 0.05) is 18.0 Å². The van der Waals surface area contributed by atoms with Gasteiger partial charge >= 0.3 is 0 Å². The molecule has 2 rings (SSSR count). The van der Waals surface area contributed by atoms with Gasteiger partial charge in [-0.15, -0.1) is 0 Å². The Labute approximate surface area is 112 Å². The van der Waals surface area contributed by atoms with Crippen molar-refractivity contribution in [1.82, 2.24) is 9.97 Å². The number of sulfonamides is 1. The first-order valence-corrected chi connectivity index (χ1v) is 7.43. The van der Waals surface area contributed by atoms with E-state index >= 15 is 0 Å². The highest BCUT2D eigenvalue weighted by atomic mass is 32.2. The van der Waals surface area contributed by atoms with Crippen molar-refractivity contribution in [3.05, 3.63) is 42.7 Å². The van der Waals surface area contributed by atoms with E-state index in [1.165, 1.54) is 0 Å². The largest absolute Gasteiger partial charge is 0.251 e. The van der Waals surface area contributed by atoms with Crippen LogP contribution < -0.4 is 4.72 Å². The fraction of sp³-hybridized carbons (Fsp3) is 0.231. The van der Waals surface area contributed by atoms with Crippen molar-refractivity contribution >= 4 is 16.0 Å². The number of anilines is 1. The van der Waals surface area contributed by atoms with Gasteiger partial charge in [-0.3, -0.25) is 4.72 Å². The number of aromatic nitrogens is 2. The molecule has 5 nitrogen and oxygen atoms in total. The van der Waals surface area contributed by atoms with Crippen LogP contribution in [0.1, 0.15) is 13.8 Å². The summed E-state index contributed by atoms with van der Waals surface area (Å²) >= 11 is 0. The van der Waals surface area contributed by atoms with Gasteiger partial charge in [0.1, 0.15) is 0 Å². The standard InChI is InChI=1S/C13H15N3O2S/c1-10(2)19(17,18)16-13-14-8-12(9-15-13)11-6-4-3-5-7-11/h3-10H,1-2H3,(H,14,15,16). The molecule has 0 aliphatic carbocycles. The lowest BCUT2D eigenvalue weighted by Gasteiger charge is -2.09. The first kappa shape index (κ1) is 13.5. The van der Waals surface area contributed by atoms with Crippen molar-refractivity contribution in [2.45, 2.75) is 19.1 Å². The minimum Gasteiger partial charge on any atom is -0.251 e. The van der Waals surface area contributed by atoms with Crippen molar-refractivity contribution in [2.24, 2.45) is 0 Å². The summed E-state index contributed by atoms with van der Waals surface area (Å²) in [5, 5.41) is -0.523. The quantitative estimate of drug-likeness (QED) is 0.930. The summed E-state index contributed by atoms with van der Waals surface area (Å²) in [6.07, 6.45) is 3.20. The molecule has 0 radical (unpaired) electrons. The summed E-state index contributed by atoms with van der Waals surface area (Å²) in [7, 11) is -3.40. The minimum absolute atomic E-state index is 0.0911. The molecule has 0 fully saturated rings. The highest BCUT2D eigenvalue weighted by Gasteiger charge is 2.16. The lowest BCUT2D eigenvalue weighted by Crippen LogP contribution is -2.23. The molecule has 0 bridgehead atoms. The fourth-order valence-electron chi connectivity index (χ4n) is 1.41. The van der Waals surface area contributed by atoms with Gasteiger partial charge in [0.2, 0.25) is 16.0 Å². The van der Waals surface area contributed by atoms with Crippen LogP contribution in [0.4, 0.5) is 5.95 Å². The Bertz CT molecular complexity index is 637. The number of rotatable bonds is 4. The van der Waals surface area contributed by atoms with Gasteiger partial charge in [0.05, 0.1) is 5.25 Å². The van der Waals surface area contributed by atoms with Gasteiger partial charge in [0.25, 0.3) is 0 Å². The van der Waals surface area contributed by atoms with E-state index in [9.17, 15) is 8.42 Å². The van der Waals surface area contributed by atoms with Crippen LogP contribution in [-0.4, -0.2) is 23.6 Å². The molecule has 19 heavy (non-hydrogen) atoms. The second-order valence-electron chi connectivity index (χ2n) is 4.36. The van der Waals surface area contributed by atoms with E-state index in [-0.39, 0.29) is 5.95 Å². The molecule has 0 aliphatic heterocycles. The maximum absolute atomic E-state index is 11.7. The molecule has 100 valence electrons. The van der Waals surface area contributed by atoms with Crippen LogP contribution in [0.3, 0.4) is 0 Å². The second-order valence-corrected chi connectivity index (χ2v) is 6.59. The molecule has 0 amide bonds. The van der Waals surface area contributed by atoms with Crippen molar-refractivity contribution < 1.29 is 8.42 Å². The van der Waals surface area contributed by atoms with Gasteiger partial charge in [-0.2, -0.15) is 0 Å². The molecule has 2 aromatic rings. The molecular weight excluding hydrogens is 262 g/mol. The number of hydrogen-bond acceptors (Lipinski definition) is 4. The minimum atomic E-state index is -3.40. The molecule has 0 saturated heterocycles. The average Bonchev–Trinajstić information content (AvgIpc) is 2.40. The molecule has 1 heterocycles. The summed E-state index contributed by atoms with van der Waals surface area (Å²) in [5.41, 5.74) is 1.83. The molecule has 0 atom stereocenters. The normalized spacial score (nSPS) is 11.5. The molecule has 1 N–H and O–H groups in total. The molecule has 6 heteroatoms. The predicted molar refractivity (Wildman–Crippen MR) is 75.1 cm³/mol. The Kier molecular flexibility index (Phi) is 3.80. The Balaban J connectivity index is 2.21. The number of nitrogens with one attached hydrogen (secondary N) is 1. The van der Waals surface area contributed by atoms with Gasteiger partial charge in [-0.1, -0.05) is 30.3 Å². The SMILES string of the molecule is CC(C)S(=O)(=O)Nc1ncc(-c2ccccc2)cn1. The highest BCUT2D eigenvalue weighted by molar-refractivity contribution is 7.93. The van der Waals surface area contributed by atoms with Crippen LogP contribution in [0.25, 0.3) is 11.1 Å². The molecule has 0 spiro atoms. The van der Waals surface area contributed by atoms with Gasteiger partial charge < -0.3 is 0 Å². The monoisotopic (exact) mass is 277 g/mol. The summed E-state index contributed by atoms with van der Waals surface area (Å²) < 4.78 is 25.7. The van der Waals surface area contributed by atoms with Crippen LogP contribution in [0.15, 0.2) is 42.7 Å². The van der Waals surface area contributed by atoms with Crippen molar-refractivity contribution in [1.29, 1.82) is 0 Å². The Hall–Kier alpha value is -1.95. The zero-order valence-electron chi connectivity index (χ0n) is 10.7. The van der Waals surface area contributed by atoms with E-state index in [0.717, 1.165) is 11.1 Å². The van der Waals surface area contributed by atoms with Crippen molar-refractivity contribution in [3.8, 4) is 11.1 Å². The Morgan fingerprint density at radius 1 is 1.00 bits per heavy atom. The highest BCUT2D eigenvalue weighted by Crippen LogP contribution is 2.17. The maximum Gasteiger partial charge on any atom is 0.237 e. The van der Waals surface area contributed by atoms with Crippen molar-refractivity contribution in [2.75, 3.05) is 4.72 Å². The van der Waals surface area contributed by atoms with E-state index in [4.69, 9.17) is 0 Å². The van der Waals surface area contributed by atoms with Crippen molar-refractivity contribution in [3.63, 3.8) is 0 Å². The van der Waals surface area contributed by atoms with Crippen LogP contribution in [-0.2, 0) is 10.0 Å².